The Morgan fingerprint density at radius 3 is 2.32 bits per heavy atom. The highest BCUT2D eigenvalue weighted by Crippen LogP contribution is 2.14. The number of carbonyl (C=O) groups excluding carboxylic acids is 2. The lowest BCUT2D eigenvalue weighted by atomic mass is 10.0. The predicted octanol–water partition coefficient (Wildman–Crippen LogP) is 2.34. The number of nitrogens with zero attached hydrogens (tertiary/aromatic N) is 1. The van der Waals surface area contributed by atoms with Gasteiger partial charge >= 0.3 is 0 Å². The van der Waals surface area contributed by atoms with Crippen LogP contribution in [0.2, 0.25) is 0 Å². The molecule has 1 aromatic rings. The molecule has 1 aromatic carbocycles. The molecule has 0 saturated carbocycles. The van der Waals surface area contributed by atoms with Crippen LogP contribution >= 0.6 is 0 Å². The molecule has 1 saturated heterocycles. The lowest BCUT2D eigenvalue weighted by Crippen LogP contribution is -2.50. The van der Waals surface area contributed by atoms with Crippen molar-refractivity contribution in [1.82, 2.24) is 10.2 Å². The normalized spacial score (nSPS) is 16.0. The van der Waals surface area contributed by atoms with Crippen molar-refractivity contribution in [3.8, 4) is 0 Å². The summed E-state index contributed by atoms with van der Waals surface area (Å²) in [5, 5.41) is 2.64. The lowest BCUT2D eigenvalue weighted by molar-refractivity contribution is -0.133. The molecule has 1 aliphatic rings. The molecule has 0 unspecified atom stereocenters. The Morgan fingerprint density at radius 1 is 1.14 bits per heavy atom. The summed E-state index contributed by atoms with van der Waals surface area (Å²) in [6.45, 7) is 5.07. The number of rotatable bonds is 4. The molecule has 1 aliphatic heterocycles. The number of amides is 2. The smallest absolute Gasteiger partial charge is 0.252 e. The minimum Gasteiger partial charge on any atom is -0.341 e. The minimum atomic E-state index is -1.08. The molecule has 4 nitrogen and oxygen atoms in total. The molecule has 1 fully saturated rings. The van der Waals surface area contributed by atoms with Gasteiger partial charge in [-0.15, -0.1) is 0 Å². The summed E-state index contributed by atoms with van der Waals surface area (Å²) in [4.78, 5) is 26.4. The Morgan fingerprint density at radius 2 is 1.77 bits per heavy atom. The van der Waals surface area contributed by atoms with Crippen molar-refractivity contribution < 1.29 is 18.4 Å². The van der Waals surface area contributed by atoms with Crippen molar-refractivity contribution in [1.29, 1.82) is 0 Å². The van der Waals surface area contributed by atoms with E-state index < -0.39 is 23.6 Å². The Labute approximate surface area is 128 Å². The van der Waals surface area contributed by atoms with Crippen LogP contribution < -0.4 is 5.32 Å². The summed E-state index contributed by atoms with van der Waals surface area (Å²) >= 11 is 0. The maximum atomic E-state index is 13.2. The largest absolute Gasteiger partial charge is 0.341 e. The molecule has 6 heteroatoms. The number of nitrogens with one attached hydrogen (secondary N) is 1. The van der Waals surface area contributed by atoms with E-state index in [2.05, 4.69) is 5.32 Å². The highest BCUT2D eigenvalue weighted by atomic mass is 19.2. The van der Waals surface area contributed by atoms with Crippen LogP contribution in [0.1, 0.15) is 37.0 Å². The van der Waals surface area contributed by atoms with E-state index in [1.807, 2.05) is 13.8 Å². The average Bonchev–Trinajstić information content (AvgIpc) is 3.00. The third-order valence-electron chi connectivity index (χ3n) is 3.82. The highest BCUT2D eigenvalue weighted by molar-refractivity contribution is 5.97. The van der Waals surface area contributed by atoms with Gasteiger partial charge in [0, 0.05) is 18.7 Å². The maximum Gasteiger partial charge on any atom is 0.252 e. The van der Waals surface area contributed by atoms with E-state index in [4.69, 9.17) is 0 Å². The molecule has 0 spiro atoms. The quantitative estimate of drug-likeness (QED) is 0.928. The van der Waals surface area contributed by atoms with E-state index in [-0.39, 0.29) is 17.4 Å². The third-order valence-corrected chi connectivity index (χ3v) is 3.82. The zero-order valence-corrected chi connectivity index (χ0v) is 12.7. The molecule has 0 aliphatic carbocycles. The second kappa shape index (κ2) is 6.85. The average molecular weight is 310 g/mol. The second-order valence-electron chi connectivity index (χ2n) is 5.86. The van der Waals surface area contributed by atoms with E-state index in [1.165, 1.54) is 6.07 Å². The Hall–Kier alpha value is -1.98. The van der Waals surface area contributed by atoms with Gasteiger partial charge in [-0.25, -0.2) is 8.78 Å². The first-order valence-corrected chi connectivity index (χ1v) is 7.45. The summed E-state index contributed by atoms with van der Waals surface area (Å²) in [6, 6.07) is 2.27. The van der Waals surface area contributed by atoms with Crippen LogP contribution in [0.25, 0.3) is 0 Å². The molecule has 2 amide bonds. The summed E-state index contributed by atoms with van der Waals surface area (Å²) in [5.41, 5.74) is -0.00114. The maximum absolute atomic E-state index is 13.2. The van der Waals surface area contributed by atoms with E-state index in [1.54, 1.807) is 4.90 Å². The summed E-state index contributed by atoms with van der Waals surface area (Å²) in [7, 11) is 0. The monoisotopic (exact) mass is 310 g/mol. The Bertz CT molecular complexity index is 569. The van der Waals surface area contributed by atoms with E-state index >= 15 is 0 Å². The van der Waals surface area contributed by atoms with Crippen molar-refractivity contribution in [2.75, 3.05) is 13.1 Å². The van der Waals surface area contributed by atoms with E-state index in [0.29, 0.717) is 13.1 Å². The standard InChI is InChI=1S/C16H20F2N2O2/c1-10(2)14(16(22)20-7-3-4-8-20)19-15(21)11-5-6-12(17)13(18)9-11/h5-6,9-10,14H,3-4,7-8H2,1-2H3,(H,19,21)/t14-/m0/s1. The van der Waals surface area contributed by atoms with Crippen molar-refractivity contribution >= 4 is 11.8 Å². The Kier molecular flexibility index (Phi) is 5.11. The number of carbonyl (C=O) groups is 2. The first kappa shape index (κ1) is 16.4. The molecule has 0 aromatic heterocycles. The number of likely N-dealkylation sites (tertiary alicyclic amines) is 1. The molecular weight excluding hydrogens is 290 g/mol. The van der Waals surface area contributed by atoms with Gasteiger partial charge in [0.1, 0.15) is 6.04 Å². The van der Waals surface area contributed by atoms with Gasteiger partial charge in [0.15, 0.2) is 11.6 Å². The molecule has 22 heavy (non-hydrogen) atoms. The van der Waals surface area contributed by atoms with Crippen molar-refractivity contribution in [2.24, 2.45) is 5.92 Å². The van der Waals surface area contributed by atoms with Crippen LogP contribution in [0.15, 0.2) is 18.2 Å². The van der Waals surface area contributed by atoms with Crippen molar-refractivity contribution in [3.63, 3.8) is 0 Å². The highest BCUT2D eigenvalue weighted by Gasteiger charge is 2.30. The molecule has 1 atom stereocenters. The fourth-order valence-corrected chi connectivity index (χ4v) is 2.51. The van der Waals surface area contributed by atoms with Crippen LogP contribution in [0.4, 0.5) is 8.78 Å². The minimum absolute atomic E-state index is 0.00114. The molecular formula is C16H20F2N2O2. The topological polar surface area (TPSA) is 49.4 Å². The number of hydrogen-bond acceptors (Lipinski definition) is 2. The Balaban J connectivity index is 2.11. The third kappa shape index (κ3) is 3.61. The van der Waals surface area contributed by atoms with Gasteiger partial charge < -0.3 is 10.2 Å². The fraction of sp³-hybridized carbons (Fsp3) is 0.500. The van der Waals surface area contributed by atoms with Gasteiger partial charge in [0.2, 0.25) is 5.91 Å². The van der Waals surface area contributed by atoms with Crippen LogP contribution in [-0.2, 0) is 4.79 Å². The van der Waals surface area contributed by atoms with Gasteiger partial charge in [-0.2, -0.15) is 0 Å². The first-order chi connectivity index (χ1) is 10.4. The second-order valence-corrected chi connectivity index (χ2v) is 5.86. The summed E-state index contributed by atoms with van der Waals surface area (Å²) in [6.07, 6.45) is 1.93. The van der Waals surface area contributed by atoms with Crippen LogP contribution in [0.3, 0.4) is 0 Å². The van der Waals surface area contributed by atoms with Crippen molar-refractivity contribution in [2.45, 2.75) is 32.7 Å². The molecule has 0 bridgehead atoms. The van der Waals surface area contributed by atoms with E-state index in [9.17, 15) is 18.4 Å². The molecule has 1 heterocycles. The predicted molar refractivity (Wildman–Crippen MR) is 78.3 cm³/mol. The van der Waals surface area contributed by atoms with Gasteiger partial charge in [0.25, 0.3) is 5.91 Å². The number of halogens is 2. The van der Waals surface area contributed by atoms with Crippen LogP contribution in [-0.4, -0.2) is 35.8 Å². The first-order valence-electron chi connectivity index (χ1n) is 7.45. The van der Waals surface area contributed by atoms with Crippen LogP contribution in [0.5, 0.6) is 0 Å². The van der Waals surface area contributed by atoms with Crippen molar-refractivity contribution in [3.05, 3.63) is 35.4 Å². The molecule has 2 rings (SSSR count). The molecule has 120 valence electrons. The van der Waals surface area contributed by atoms with Crippen LogP contribution in [0, 0.1) is 17.6 Å². The molecule has 1 N–H and O–H groups in total. The van der Waals surface area contributed by atoms with Gasteiger partial charge in [-0.05, 0) is 37.0 Å². The van der Waals surface area contributed by atoms with Gasteiger partial charge in [-0.3, -0.25) is 9.59 Å². The lowest BCUT2D eigenvalue weighted by Gasteiger charge is -2.26. The summed E-state index contributed by atoms with van der Waals surface area (Å²) < 4.78 is 26.1. The fourth-order valence-electron chi connectivity index (χ4n) is 2.51. The van der Waals surface area contributed by atoms with Gasteiger partial charge in [0.05, 0.1) is 0 Å². The number of benzene rings is 1. The molecule has 0 radical (unpaired) electrons. The van der Waals surface area contributed by atoms with E-state index in [0.717, 1.165) is 25.0 Å². The summed E-state index contributed by atoms with van der Waals surface area (Å²) in [5.74, 6) is -2.89. The number of hydrogen-bond donors (Lipinski definition) is 1. The zero-order chi connectivity index (χ0) is 16.3. The van der Waals surface area contributed by atoms with Gasteiger partial charge in [-0.1, -0.05) is 13.8 Å². The SMILES string of the molecule is CC(C)[C@H](NC(=O)c1ccc(F)c(F)c1)C(=O)N1CCCC1. The zero-order valence-electron chi connectivity index (χ0n) is 12.7.